The molecule has 31 heavy (non-hydrogen) atoms. The van der Waals surface area contributed by atoms with E-state index in [4.69, 9.17) is 9.47 Å². The van der Waals surface area contributed by atoms with Crippen LogP contribution in [0.3, 0.4) is 0 Å². The molecule has 3 atom stereocenters. The number of hydrogen-bond acceptors (Lipinski definition) is 4. The van der Waals surface area contributed by atoms with Crippen molar-refractivity contribution in [3.05, 3.63) is 47.4 Å². The summed E-state index contributed by atoms with van der Waals surface area (Å²) in [6.07, 6.45) is 8.92. The maximum absolute atomic E-state index is 13.1. The number of likely N-dealkylation sites (N-methyl/N-ethyl adjacent to an activating group) is 1. The molecule has 0 amide bonds. The summed E-state index contributed by atoms with van der Waals surface area (Å²) < 4.78 is 14.6. The standard InChI is InChI=1S/C26H34N2O3/c1-25(2,3)28-16-17-13-22-26(30-5,20-11-8-12-21(28)23(17)20)14-18(15-27(22)4)24(29)31-19-9-6-7-10-19/h8-9,11-12,16,18,22H,6-7,10,13-15H2,1-5H3/t18-,22-,26+/m1/s1. The highest BCUT2D eigenvalue weighted by atomic mass is 16.5. The second-order valence-corrected chi connectivity index (χ2v) is 10.5. The summed E-state index contributed by atoms with van der Waals surface area (Å²) in [6.45, 7) is 7.44. The van der Waals surface area contributed by atoms with Crippen LogP contribution < -0.4 is 0 Å². The monoisotopic (exact) mass is 422 g/mol. The number of hydrogen-bond donors (Lipinski definition) is 0. The second kappa shape index (κ2) is 7.21. The molecule has 3 aliphatic rings. The summed E-state index contributed by atoms with van der Waals surface area (Å²) in [5.41, 5.74) is 3.32. The molecule has 0 bridgehead atoms. The van der Waals surface area contributed by atoms with Gasteiger partial charge in [0.05, 0.1) is 5.92 Å². The highest BCUT2D eigenvalue weighted by Crippen LogP contribution is 2.50. The van der Waals surface area contributed by atoms with Crippen molar-refractivity contribution in [3.8, 4) is 0 Å². The number of rotatable bonds is 3. The lowest BCUT2D eigenvalue weighted by atomic mass is 9.68. The van der Waals surface area contributed by atoms with Crippen molar-refractivity contribution in [1.82, 2.24) is 9.47 Å². The number of carbonyl (C=O) groups excluding carboxylic acids is 1. The SMILES string of the molecule is CO[C@]12C[C@@H](C(=O)OC3=CCCC3)CN(C)[C@@H]1Cc1cn(C(C)(C)C)c3cccc2c13. The zero-order chi connectivity index (χ0) is 22.0. The van der Waals surface area contributed by atoms with Gasteiger partial charge in [0.1, 0.15) is 11.4 Å². The summed E-state index contributed by atoms with van der Waals surface area (Å²) >= 11 is 0. The number of esters is 1. The van der Waals surface area contributed by atoms with Crippen molar-refractivity contribution in [2.45, 2.75) is 70.1 Å². The Kier molecular flexibility index (Phi) is 4.83. The van der Waals surface area contributed by atoms with Crippen LogP contribution in [0.25, 0.3) is 10.9 Å². The lowest BCUT2D eigenvalue weighted by Gasteiger charge is -2.52. The number of ether oxygens (including phenoxy) is 2. The first-order valence-corrected chi connectivity index (χ1v) is 11.5. The number of piperidine rings is 1. The predicted octanol–water partition coefficient (Wildman–Crippen LogP) is 4.73. The molecule has 5 rings (SSSR count). The first-order valence-electron chi connectivity index (χ1n) is 11.5. The molecule has 1 aromatic heterocycles. The molecule has 166 valence electrons. The van der Waals surface area contributed by atoms with Gasteiger partial charge >= 0.3 is 5.97 Å². The maximum Gasteiger partial charge on any atom is 0.315 e. The summed E-state index contributed by atoms with van der Waals surface area (Å²) in [7, 11) is 3.93. The molecule has 2 aromatic rings. The summed E-state index contributed by atoms with van der Waals surface area (Å²) in [5.74, 6) is 0.529. The molecule has 1 aliphatic heterocycles. The zero-order valence-electron chi connectivity index (χ0n) is 19.4. The number of aromatic nitrogens is 1. The molecule has 0 unspecified atom stereocenters. The Balaban J connectivity index is 1.58. The molecule has 1 fully saturated rings. The van der Waals surface area contributed by atoms with Gasteiger partial charge in [0, 0.05) is 48.8 Å². The Morgan fingerprint density at radius 1 is 1.26 bits per heavy atom. The molecule has 0 spiro atoms. The van der Waals surface area contributed by atoms with Crippen molar-refractivity contribution in [1.29, 1.82) is 0 Å². The third-order valence-electron chi connectivity index (χ3n) is 7.56. The molecule has 1 saturated heterocycles. The van der Waals surface area contributed by atoms with E-state index >= 15 is 0 Å². The second-order valence-electron chi connectivity index (χ2n) is 10.5. The van der Waals surface area contributed by atoms with E-state index in [1.807, 2.05) is 0 Å². The van der Waals surface area contributed by atoms with Crippen LogP contribution in [-0.4, -0.2) is 42.2 Å². The number of likely N-dealkylation sites (tertiary alicyclic amines) is 1. The predicted molar refractivity (Wildman–Crippen MR) is 122 cm³/mol. The fourth-order valence-electron chi connectivity index (χ4n) is 6.08. The fourth-order valence-corrected chi connectivity index (χ4v) is 6.08. The topological polar surface area (TPSA) is 43.7 Å². The van der Waals surface area contributed by atoms with Gasteiger partial charge in [0.25, 0.3) is 0 Å². The maximum atomic E-state index is 13.1. The average Bonchev–Trinajstić information content (AvgIpc) is 3.37. The Bertz CT molecular complexity index is 1060. The lowest BCUT2D eigenvalue weighted by molar-refractivity contribution is -0.162. The van der Waals surface area contributed by atoms with E-state index in [-0.39, 0.29) is 23.5 Å². The largest absolute Gasteiger partial charge is 0.431 e. The molecular formula is C26H34N2O3. The van der Waals surface area contributed by atoms with E-state index in [2.05, 4.69) is 67.8 Å². The number of allylic oxidation sites excluding steroid dienone is 2. The van der Waals surface area contributed by atoms with Crippen LogP contribution in [0, 0.1) is 5.92 Å². The van der Waals surface area contributed by atoms with Crippen LogP contribution in [0.4, 0.5) is 0 Å². The van der Waals surface area contributed by atoms with E-state index in [0.29, 0.717) is 13.0 Å². The highest BCUT2D eigenvalue weighted by Gasteiger charge is 2.53. The van der Waals surface area contributed by atoms with Gasteiger partial charge in [-0.3, -0.25) is 9.69 Å². The van der Waals surface area contributed by atoms with Gasteiger partial charge in [-0.05, 0) is 76.8 Å². The number of carbonyl (C=O) groups is 1. The van der Waals surface area contributed by atoms with Crippen LogP contribution in [0.2, 0.25) is 0 Å². The van der Waals surface area contributed by atoms with Gasteiger partial charge in [-0.25, -0.2) is 0 Å². The van der Waals surface area contributed by atoms with Crippen molar-refractivity contribution in [2.75, 3.05) is 20.7 Å². The molecule has 2 heterocycles. The van der Waals surface area contributed by atoms with E-state index in [1.165, 1.54) is 22.0 Å². The fraction of sp³-hybridized carbons (Fsp3) is 0.577. The molecule has 0 radical (unpaired) electrons. The van der Waals surface area contributed by atoms with E-state index < -0.39 is 5.60 Å². The number of benzene rings is 1. The Morgan fingerprint density at radius 2 is 2.06 bits per heavy atom. The lowest BCUT2D eigenvalue weighted by Crippen LogP contribution is -2.60. The first-order chi connectivity index (χ1) is 14.7. The van der Waals surface area contributed by atoms with Gasteiger partial charge in [-0.1, -0.05) is 12.1 Å². The highest BCUT2D eigenvalue weighted by molar-refractivity contribution is 5.90. The first kappa shape index (κ1) is 20.8. The molecule has 2 aliphatic carbocycles. The van der Waals surface area contributed by atoms with Crippen LogP contribution >= 0.6 is 0 Å². The van der Waals surface area contributed by atoms with Gasteiger partial charge < -0.3 is 14.0 Å². The van der Waals surface area contributed by atoms with Crippen LogP contribution in [0.15, 0.2) is 36.2 Å². The van der Waals surface area contributed by atoms with E-state index in [9.17, 15) is 4.79 Å². The average molecular weight is 423 g/mol. The van der Waals surface area contributed by atoms with E-state index in [0.717, 1.165) is 31.4 Å². The van der Waals surface area contributed by atoms with Crippen molar-refractivity contribution in [3.63, 3.8) is 0 Å². The quantitative estimate of drug-likeness (QED) is 0.671. The minimum Gasteiger partial charge on any atom is -0.431 e. The van der Waals surface area contributed by atoms with Crippen LogP contribution in [-0.2, 0) is 31.8 Å². The number of nitrogens with zero attached hydrogens (tertiary/aromatic N) is 2. The summed E-state index contributed by atoms with van der Waals surface area (Å²) in [5, 5.41) is 1.30. The Morgan fingerprint density at radius 3 is 2.74 bits per heavy atom. The molecule has 0 saturated carbocycles. The van der Waals surface area contributed by atoms with Gasteiger partial charge in [0.2, 0.25) is 0 Å². The van der Waals surface area contributed by atoms with Crippen LogP contribution in [0.1, 0.15) is 57.6 Å². The third kappa shape index (κ3) is 3.16. The van der Waals surface area contributed by atoms with Gasteiger partial charge in [0.15, 0.2) is 0 Å². The Labute approximate surface area is 185 Å². The normalized spacial score (nSPS) is 28.5. The van der Waals surface area contributed by atoms with Crippen molar-refractivity contribution in [2.24, 2.45) is 5.92 Å². The van der Waals surface area contributed by atoms with Gasteiger partial charge in [-0.15, -0.1) is 0 Å². The minimum atomic E-state index is -0.517. The summed E-state index contributed by atoms with van der Waals surface area (Å²) in [4.78, 5) is 15.4. The number of fused-ring (bicyclic) bond motifs is 2. The molecule has 5 heteroatoms. The summed E-state index contributed by atoms with van der Waals surface area (Å²) in [6, 6.07) is 6.75. The minimum absolute atomic E-state index is 0.00187. The van der Waals surface area contributed by atoms with Crippen molar-refractivity contribution >= 4 is 16.9 Å². The van der Waals surface area contributed by atoms with E-state index in [1.54, 1.807) is 7.11 Å². The van der Waals surface area contributed by atoms with Crippen molar-refractivity contribution < 1.29 is 14.3 Å². The molecule has 1 aromatic carbocycles. The van der Waals surface area contributed by atoms with Crippen LogP contribution in [0.5, 0.6) is 0 Å². The smallest absolute Gasteiger partial charge is 0.315 e. The van der Waals surface area contributed by atoms with Gasteiger partial charge in [-0.2, -0.15) is 0 Å². The number of methoxy groups -OCH3 is 1. The molecular weight excluding hydrogens is 388 g/mol. The molecule has 0 N–H and O–H groups in total. The third-order valence-corrected chi connectivity index (χ3v) is 7.56. The Hall–Kier alpha value is -2.11. The zero-order valence-corrected chi connectivity index (χ0v) is 19.4. The molecule has 5 nitrogen and oxygen atoms in total.